The second kappa shape index (κ2) is 6.45. The van der Waals surface area contributed by atoms with E-state index in [1.807, 2.05) is 4.90 Å². The SMILES string of the molecule is CS(=O)(=O)N(C1CCOCC1)C1CCCN(C(=O)C2CC2)C1. The zero-order valence-corrected chi connectivity index (χ0v) is 14.1. The highest BCUT2D eigenvalue weighted by molar-refractivity contribution is 7.88. The summed E-state index contributed by atoms with van der Waals surface area (Å²) in [6.45, 7) is 2.57. The Bertz CT molecular complexity index is 512. The van der Waals surface area contributed by atoms with Crippen molar-refractivity contribution in [3.63, 3.8) is 0 Å². The van der Waals surface area contributed by atoms with Crippen LogP contribution >= 0.6 is 0 Å². The summed E-state index contributed by atoms with van der Waals surface area (Å²) in [4.78, 5) is 14.2. The first kappa shape index (κ1) is 16.2. The molecule has 1 atom stereocenters. The number of ether oxygens (including phenoxy) is 1. The van der Waals surface area contributed by atoms with E-state index in [-0.39, 0.29) is 23.9 Å². The Morgan fingerprint density at radius 1 is 1.09 bits per heavy atom. The molecular weight excluding hydrogens is 304 g/mol. The third kappa shape index (κ3) is 3.63. The van der Waals surface area contributed by atoms with Gasteiger partial charge in [-0.05, 0) is 38.5 Å². The largest absolute Gasteiger partial charge is 0.381 e. The molecule has 1 aliphatic carbocycles. The van der Waals surface area contributed by atoms with Crippen molar-refractivity contribution in [3.8, 4) is 0 Å². The highest BCUT2D eigenvalue weighted by Gasteiger charge is 2.40. The number of hydrogen-bond donors (Lipinski definition) is 0. The molecule has 0 spiro atoms. The average molecular weight is 330 g/mol. The second-order valence-electron chi connectivity index (χ2n) is 6.79. The summed E-state index contributed by atoms with van der Waals surface area (Å²) < 4.78 is 31.7. The molecule has 0 aromatic carbocycles. The fraction of sp³-hybridized carbons (Fsp3) is 0.933. The molecule has 126 valence electrons. The minimum atomic E-state index is -3.28. The van der Waals surface area contributed by atoms with Crippen molar-refractivity contribution < 1.29 is 17.9 Å². The lowest BCUT2D eigenvalue weighted by atomic mass is 10.0. The molecule has 0 aromatic heterocycles. The molecule has 3 fully saturated rings. The lowest BCUT2D eigenvalue weighted by Gasteiger charge is -2.42. The van der Waals surface area contributed by atoms with Gasteiger partial charge in [0.2, 0.25) is 15.9 Å². The topological polar surface area (TPSA) is 66.9 Å². The van der Waals surface area contributed by atoms with Gasteiger partial charge in [0.15, 0.2) is 0 Å². The maximum absolute atomic E-state index is 12.3. The zero-order chi connectivity index (χ0) is 15.7. The normalized spacial score (nSPS) is 28.1. The van der Waals surface area contributed by atoms with Crippen LogP contribution in [0.1, 0.15) is 38.5 Å². The van der Waals surface area contributed by atoms with E-state index in [4.69, 9.17) is 4.74 Å². The lowest BCUT2D eigenvalue weighted by Crippen LogP contribution is -2.55. The molecule has 6 nitrogen and oxygen atoms in total. The molecule has 0 aromatic rings. The van der Waals surface area contributed by atoms with Crippen LogP contribution in [0.2, 0.25) is 0 Å². The van der Waals surface area contributed by atoms with E-state index in [1.165, 1.54) is 6.26 Å². The molecule has 1 saturated carbocycles. The third-order valence-electron chi connectivity index (χ3n) is 4.93. The van der Waals surface area contributed by atoms with E-state index < -0.39 is 10.0 Å². The van der Waals surface area contributed by atoms with Gasteiger partial charge < -0.3 is 9.64 Å². The van der Waals surface area contributed by atoms with Crippen LogP contribution in [-0.4, -0.2) is 68.2 Å². The summed E-state index contributed by atoms with van der Waals surface area (Å²) in [6, 6.07) is -0.0562. The summed E-state index contributed by atoms with van der Waals surface area (Å²) in [7, 11) is -3.28. The number of amides is 1. The molecule has 7 heteroatoms. The monoisotopic (exact) mass is 330 g/mol. The van der Waals surface area contributed by atoms with Crippen molar-refractivity contribution in [1.82, 2.24) is 9.21 Å². The highest BCUT2D eigenvalue weighted by atomic mass is 32.2. The van der Waals surface area contributed by atoms with E-state index in [0.29, 0.717) is 19.8 Å². The number of sulfonamides is 1. The van der Waals surface area contributed by atoms with E-state index in [1.54, 1.807) is 4.31 Å². The summed E-state index contributed by atoms with van der Waals surface area (Å²) in [6.07, 6.45) is 6.52. The fourth-order valence-electron chi connectivity index (χ4n) is 3.73. The first-order chi connectivity index (χ1) is 10.5. The maximum atomic E-state index is 12.3. The van der Waals surface area contributed by atoms with Gasteiger partial charge in [-0.1, -0.05) is 0 Å². The predicted molar refractivity (Wildman–Crippen MR) is 82.8 cm³/mol. The maximum Gasteiger partial charge on any atom is 0.225 e. The summed E-state index contributed by atoms with van der Waals surface area (Å²) in [5, 5.41) is 0. The second-order valence-corrected chi connectivity index (χ2v) is 8.68. The van der Waals surface area contributed by atoms with Crippen LogP contribution < -0.4 is 0 Å². The molecule has 2 saturated heterocycles. The van der Waals surface area contributed by atoms with Gasteiger partial charge >= 0.3 is 0 Å². The van der Waals surface area contributed by atoms with Gasteiger partial charge in [0, 0.05) is 44.3 Å². The quantitative estimate of drug-likeness (QED) is 0.766. The third-order valence-corrected chi connectivity index (χ3v) is 6.29. The highest BCUT2D eigenvalue weighted by Crippen LogP contribution is 2.33. The zero-order valence-electron chi connectivity index (χ0n) is 13.2. The number of rotatable bonds is 4. The van der Waals surface area contributed by atoms with Crippen molar-refractivity contribution in [2.75, 3.05) is 32.6 Å². The van der Waals surface area contributed by atoms with Crippen LogP contribution in [0.25, 0.3) is 0 Å². The van der Waals surface area contributed by atoms with Crippen molar-refractivity contribution in [2.24, 2.45) is 5.92 Å². The average Bonchev–Trinajstić information content (AvgIpc) is 3.31. The van der Waals surface area contributed by atoms with Crippen molar-refractivity contribution in [1.29, 1.82) is 0 Å². The number of nitrogens with zero attached hydrogens (tertiary/aromatic N) is 2. The Labute approximate surface area is 132 Å². The number of carbonyl (C=O) groups excluding carboxylic acids is 1. The van der Waals surface area contributed by atoms with Crippen LogP contribution in [0.5, 0.6) is 0 Å². The van der Waals surface area contributed by atoms with Crippen LogP contribution in [0, 0.1) is 5.92 Å². The van der Waals surface area contributed by atoms with Gasteiger partial charge in [-0.25, -0.2) is 8.42 Å². The minimum absolute atomic E-state index is 0.0183. The van der Waals surface area contributed by atoms with E-state index in [9.17, 15) is 13.2 Å². The van der Waals surface area contributed by atoms with Crippen LogP contribution in [0.4, 0.5) is 0 Å². The van der Waals surface area contributed by atoms with Gasteiger partial charge in [-0.2, -0.15) is 4.31 Å². The Balaban J connectivity index is 1.73. The van der Waals surface area contributed by atoms with Gasteiger partial charge in [0.25, 0.3) is 0 Å². The fourth-order valence-corrected chi connectivity index (χ4v) is 5.20. The molecule has 2 aliphatic heterocycles. The van der Waals surface area contributed by atoms with Crippen molar-refractivity contribution in [2.45, 2.75) is 50.6 Å². The predicted octanol–water partition coefficient (Wildman–Crippen LogP) is 0.828. The molecule has 3 rings (SSSR count). The number of carbonyl (C=O) groups is 1. The number of hydrogen-bond acceptors (Lipinski definition) is 4. The van der Waals surface area contributed by atoms with E-state index >= 15 is 0 Å². The minimum Gasteiger partial charge on any atom is -0.381 e. The Morgan fingerprint density at radius 2 is 1.77 bits per heavy atom. The molecule has 0 bridgehead atoms. The molecule has 0 radical (unpaired) electrons. The van der Waals surface area contributed by atoms with E-state index in [2.05, 4.69) is 0 Å². The lowest BCUT2D eigenvalue weighted by molar-refractivity contribution is -0.134. The molecule has 2 heterocycles. The van der Waals surface area contributed by atoms with Crippen molar-refractivity contribution in [3.05, 3.63) is 0 Å². The summed E-state index contributed by atoms with van der Waals surface area (Å²) in [5.74, 6) is 0.429. The number of piperidine rings is 1. The first-order valence-electron chi connectivity index (χ1n) is 8.32. The van der Waals surface area contributed by atoms with Gasteiger partial charge in [-0.15, -0.1) is 0 Å². The Kier molecular flexibility index (Phi) is 4.75. The van der Waals surface area contributed by atoms with Crippen LogP contribution in [0.3, 0.4) is 0 Å². The van der Waals surface area contributed by atoms with Gasteiger partial charge in [0.1, 0.15) is 0 Å². The molecular formula is C15H26N2O4S. The van der Waals surface area contributed by atoms with Crippen molar-refractivity contribution >= 4 is 15.9 Å². The molecule has 1 amide bonds. The van der Waals surface area contributed by atoms with Gasteiger partial charge in [0.05, 0.1) is 6.26 Å². The molecule has 3 aliphatic rings. The van der Waals surface area contributed by atoms with Crippen LogP contribution in [-0.2, 0) is 19.6 Å². The van der Waals surface area contributed by atoms with Crippen LogP contribution in [0.15, 0.2) is 0 Å². The molecule has 1 unspecified atom stereocenters. The molecule has 0 N–H and O–H groups in total. The summed E-state index contributed by atoms with van der Waals surface area (Å²) >= 11 is 0. The smallest absolute Gasteiger partial charge is 0.225 e. The van der Waals surface area contributed by atoms with Gasteiger partial charge in [-0.3, -0.25) is 4.79 Å². The summed E-state index contributed by atoms with van der Waals surface area (Å²) in [5.41, 5.74) is 0. The Hall–Kier alpha value is -0.660. The first-order valence-corrected chi connectivity index (χ1v) is 10.2. The van der Waals surface area contributed by atoms with E-state index in [0.717, 1.165) is 45.1 Å². The standard InChI is InChI=1S/C15H26N2O4S/c1-22(19,20)17(13-6-9-21-10-7-13)14-3-2-8-16(11-14)15(18)12-4-5-12/h12-14H,2-11H2,1H3. The Morgan fingerprint density at radius 3 is 2.36 bits per heavy atom. The number of likely N-dealkylation sites (tertiary alicyclic amines) is 1. The molecule has 22 heavy (non-hydrogen) atoms.